The summed E-state index contributed by atoms with van der Waals surface area (Å²) >= 11 is 0. The minimum absolute atomic E-state index is 0. The number of likely N-dealkylation sites (N-methyl/N-ethyl adjacent to an activating group) is 1. The number of amides is 1. The van der Waals surface area contributed by atoms with Gasteiger partial charge in [-0.05, 0) is 52.4 Å². The summed E-state index contributed by atoms with van der Waals surface area (Å²) in [5.74, 6) is -0.141. The van der Waals surface area contributed by atoms with Gasteiger partial charge in [-0.3, -0.25) is 19.2 Å². The fraction of sp³-hybridized carbons (Fsp3) is 0.500. The minimum atomic E-state index is -0.287. The molecule has 2 aromatic rings. The van der Waals surface area contributed by atoms with Crippen LogP contribution in [0.15, 0.2) is 35.1 Å². The molecule has 1 fully saturated rings. The van der Waals surface area contributed by atoms with E-state index in [2.05, 4.69) is 15.5 Å². The lowest BCUT2D eigenvalue weighted by molar-refractivity contribution is -0.121. The van der Waals surface area contributed by atoms with Crippen molar-refractivity contribution in [2.24, 2.45) is 7.05 Å². The summed E-state index contributed by atoms with van der Waals surface area (Å²) < 4.78 is 3.35. The van der Waals surface area contributed by atoms with E-state index in [-0.39, 0.29) is 29.9 Å². The van der Waals surface area contributed by atoms with Gasteiger partial charge in [-0.1, -0.05) is 18.2 Å². The van der Waals surface area contributed by atoms with Crippen molar-refractivity contribution in [1.29, 1.82) is 0 Å². The molecule has 1 aliphatic rings. The molecule has 0 bridgehead atoms. The first-order valence-corrected chi connectivity index (χ1v) is 9.50. The number of carbonyl (C=O) groups is 1. The maximum Gasteiger partial charge on any atom is 0.295 e. The number of rotatable bonds is 5. The third kappa shape index (κ3) is 4.32. The van der Waals surface area contributed by atoms with E-state index in [9.17, 15) is 9.59 Å². The predicted octanol–water partition coefficient (Wildman–Crippen LogP) is 1.92. The third-order valence-electron chi connectivity index (χ3n) is 5.59. The number of aromatic nitrogens is 2. The van der Waals surface area contributed by atoms with Gasteiger partial charge in [0.15, 0.2) is 0 Å². The summed E-state index contributed by atoms with van der Waals surface area (Å²) in [5.41, 5.74) is 1.64. The number of piperidine rings is 1. The zero-order valence-electron chi connectivity index (χ0n) is 16.9. The van der Waals surface area contributed by atoms with Gasteiger partial charge in [0.2, 0.25) is 5.91 Å². The van der Waals surface area contributed by atoms with Gasteiger partial charge in [-0.2, -0.15) is 0 Å². The molecule has 2 atom stereocenters. The average Bonchev–Trinajstić information content (AvgIpc) is 2.91. The van der Waals surface area contributed by atoms with Crippen LogP contribution in [0.4, 0.5) is 5.69 Å². The van der Waals surface area contributed by atoms with E-state index in [1.54, 1.807) is 9.36 Å². The molecule has 2 unspecified atom stereocenters. The number of benzene rings is 1. The van der Waals surface area contributed by atoms with Crippen molar-refractivity contribution >= 4 is 24.0 Å². The topological polar surface area (TPSA) is 71.3 Å². The van der Waals surface area contributed by atoms with E-state index in [0.29, 0.717) is 11.7 Å². The van der Waals surface area contributed by atoms with Gasteiger partial charge in [-0.15, -0.1) is 12.4 Å². The van der Waals surface area contributed by atoms with Crippen LogP contribution in [-0.4, -0.2) is 52.4 Å². The number of halogens is 1. The zero-order valence-corrected chi connectivity index (χ0v) is 17.8. The molecule has 1 aromatic heterocycles. The summed E-state index contributed by atoms with van der Waals surface area (Å²) in [6, 6.07) is 9.55. The molecule has 0 aliphatic carbocycles. The molecular weight excluding hydrogens is 378 g/mol. The van der Waals surface area contributed by atoms with Crippen LogP contribution in [0, 0.1) is 6.92 Å². The molecule has 2 heterocycles. The van der Waals surface area contributed by atoms with Crippen molar-refractivity contribution in [3.63, 3.8) is 0 Å². The second kappa shape index (κ2) is 9.41. The van der Waals surface area contributed by atoms with Crippen LogP contribution < -0.4 is 16.2 Å². The first kappa shape index (κ1) is 22.2. The van der Waals surface area contributed by atoms with E-state index in [4.69, 9.17) is 0 Å². The lowest BCUT2D eigenvalue weighted by Gasteiger charge is -2.35. The van der Waals surface area contributed by atoms with Crippen LogP contribution >= 0.6 is 12.4 Å². The summed E-state index contributed by atoms with van der Waals surface area (Å²) in [7, 11) is 3.78. The van der Waals surface area contributed by atoms with Crippen molar-refractivity contribution in [3.8, 4) is 5.69 Å². The van der Waals surface area contributed by atoms with Crippen molar-refractivity contribution in [1.82, 2.24) is 19.6 Å². The Kier molecular flexibility index (Phi) is 7.46. The third-order valence-corrected chi connectivity index (χ3v) is 5.59. The molecular formula is C20H30ClN5O2. The molecule has 7 nitrogen and oxygen atoms in total. The number of para-hydroxylation sites is 1. The number of anilines is 1. The highest BCUT2D eigenvalue weighted by atomic mass is 35.5. The molecule has 1 aliphatic heterocycles. The van der Waals surface area contributed by atoms with Crippen LogP contribution in [0.2, 0.25) is 0 Å². The van der Waals surface area contributed by atoms with Gasteiger partial charge < -0.3 is 10.6 Å². The molecule has 1 saturated heterocycles. The maximum atomic E-state index is 12.9. The highest BCUT2D eigenvalue weighted by molar-refractivity contribution is 5.95. The van der Waals surface area contributed by atoms with E-state index in [1.807, 2.05) is 58.3 Å². The number of hydrogen-bond donors (Lipinski definition) is 2. The standard InChI is InChI=1S/C20H29N5O2.ClH/c1-14-18(20(27)25(23(14)4)17-10-6-5-7-11-17)22-19(26)15(2)24-12-8-9-16(13-24)21-3;/h5-7,10-11,15-16,21H,8-9,12-13H2,1-4H3,(H,22,26);1H. The summed E-state index contributed by atoms with van der Waals surface area (Å²) in [5, 5.41) is 6.18. The Hall–Kier alpha value is -2.09. The van der Waals surface area contributed by atoms with Gasteiger partial charge in [0.25, 0.3) is 5.56 Å². The fourth-order valence-corrected chi connectivity index (χ4v) is 3.70. The lowest BCUT2D eigenvalue weighted by Crippen LogP contribution is -2.51. The largest absolute Gasteiger partial charge is 0.319 e. The highest BCUT2D eigenvalue weighted by Crippen LogP contribution is 2.17. The molecule has 0 spiro atoms. The number of likely N-dealkylation sites (tertiary alicyclic amines) is 1. The van der Waals surface area contributed by atoms with E-state index in [0.717, 1.165) is 37.3 Å². The monoisotopic (exact) mass is 407 g/mol. The molecule has 0 radical (unpaired) electrons. The Bertz CT molecular complexity index is 861. The van der Waals surface area contributed by atoms with Gasteiger partial charge in [0.1, 0.15) is 5.69 Å². The Balaban J connectivity index is 0.00000280. The predicted molar refractivity (Wildman–Crippen MR) is 115 cm³/mol. The van der Waals surface area contributed by atoms with Crippen molar-refractivity contribution in [3.05, 3.63) is 46.4 Å². The Labute approximate surface area is 172 Å². The van der Waals surface area contributed by atoms with Crippen LogP contribution in [-0.2, 0) is 11.8 Å². The lowest BCUT2D eigenvalue weighted by atomic mass is 10.0. The molecule has 154 valence electrons. The Morgan fingerprint density at radius 1 is 1.25 bits per heavy atom. The van der Waals surface area contributed by atoms with Gasteiger partial charge in [0, 0.05) is 19.6 Å². The molecule has 0 saturated carbocycles. The first-order chi connectivity index (χ1) is 12.9. The summed E-state index contributed by atoms with van der Waals surface area (Å²) in [6.07, 6.45) is 2.19. The zero-order chi connectivity index (χ0) is 19.6. The van der Waals surface area contributed by atoms with Crippen LogP contribution in [0.3, 0.4) is 0 Å². The molecule has 2 N–H and O–H groups in total. The van der Waals surface area contributed by atoms with Crippen LogP contribution in [0.25, 0.3) is 5.69 Å². The van der Waals surface area contributed by atoms with E-state index in [1.165, 1.54) is 0 Å². The number of nitrogens with one attached hydrogen (secondary N) is 2. The number of nitrogens with zero attached hydrogens (tertiary/aromatic N) is 3. The molecule has 1 aromatic carbocycles. The average molecular weight is 408 g/mol. The second-order valence-corrected chi connectivity index (χ2v) is 7.22. The molecule has 8 heteroatoms. The first-order valence-electron chi connectivity index (χ1n) is 9.50. The van der Waals surface area contributed by atoms with Crippen LogP contribution in [0.1, 0.15) is 25.5 Å². The molecule has 28 heavy (non-hydrogen) atoms. The van der Waals surface area contributed by atoms with Gasteiger partial charge >= 0.3 is 0 Å². The van der Waals surface area contributed by atoms with Gasteiger partial charge in [-0.25, -0.2) is 4.68 Å². The number of carbonyl (C=O) groups excluding carboxylic acids is 1. The smallest absolute Gasteiger partial charge is 0.295 e. The SMILES string of the molecule is CNC1CCCN(C(C)C(=O)Nc2c(C)n(C)n(-c3ccccc3)c2=O)C1.Cl. The quantitative estimate of drug-likeness (QED) is 0.794. The Morgan fingerprint density at radius 2 is 1.93 bits per heavy atom. The van der Waals surface area contributed by atoms with E-state index >= 15 is 0 Å². The number of hydrogen-bond acceptors (Lipinski definition) is 4. The molecule has 1 amide bonds. The van der Waals surface area contributed by atoms with Gasteiger partial charge in [0.05, 0.1) is 17.4 Å². The Morgan fingerprint density at radius 3 is 2.57 bits per heavy atom. The normalized spacial score (nSPS) is 18.4. The summed E-state index contributed by atoms with van der Waals surface area (Å²) in [6.45, 7) is 5.49. The van der Waals surface area contributed by atoms with Crippen molar-refractivity contribution < 1.29 is 4.79 Å². The van der Waals surface area contributed by atoms with Crippen LogP contribution in [0.5, 0.6) is 0 Å². The second-order valence-electron chi connectivity index (χ2n) is 7.22. The van der Waals surface area contributed by atoms with E-state index < -0.39 is 0 Å². The minimum Gasteiger partial charge on any atom is -0.319 e. The van der Waals surface area contributed by atoms with Crippen molar-refractivity contribution in [2.75, 3.05) is 25.5 Å². The van der Waals surface area contributed by atoms with Crippen molar-refractivity contribution in [2.45, 2.75) is 38.8 Å². The fourth-order valence-electron chi connectivity index (χ4n) is 3.70. The highest BCUT2D eigenvalue weighted by Gasteiger charge is 2.28. The molecule has 3 rings (SSSR count). The maximum absolute atomic E-state index is 12.9. The summed E-state index contributed by atoms with van der Waals surface area (Å²) in [4.78, 5) is 28.0.